The number of rotatable bonds is 11. The summed E-state index contributed by atoms with van der Waals surface area (Å²) in [7, 11) is 0. The molecule has 0 saturated heterocycles. The molecular formula is C10H26N4. The molecule has 0 aromatic rings. The van der Waals surface area contributed by atoms with Gasteiger partial charge in [-0.05, 0) is 13.1 Å². The minimum Gasteiger partial charge on any atom is -0.316 e. The number of hydrogen-bond acceptors (Lipinski definition) is 4. The molecule has 86 valence electrons. The van der Waals surface area contributed by atoms with Gasteiger partial charge in [0, 0.05) is 39.3 Å². The van der Waals surface area contributed by atoms with Gasteiger partial charge in [-0.15, -0.1) is 0 Å². The van der Waals surface area contributed by atoms with Crippen molar-refractivity contribution in [3.63, 3.8) is 0 Å². The molecule has 0 spiro atoms. The number of nitrogens with one attached hydrogen (secondary N) is 4. The fourth-order valence-corrected chi connectivity index (χ4v) is 1.13. The molecule has 0 aromatic carbocycles. The third-order valence-electron chi connectivity index (χ3n) is 1.94. The van der Waals surface area contributed by atoms with Crippen LogP contribution in [0.5, 0.6) is 0 Å². The van der Waals surface area contributed by atoms with Gasteiger partial charge in [-0.3, -0.25) is 0 Å². The maximum Gasteiger partial charge on any atom is 0.00772 e. The first-order valence-electron chi connectivity index (χ1n) is 5.74. The van der Waals surface area contributed by atoms with Crippen LogP contribution in [0.3, 0.4) is 0 Å². The van der Waals surface area contributed by atoms with E-state index in [4.69, 9.17) is 0 Å². The van der Waals surface area contributed by atoms with Crippen LogP contribution in [0.25, 0.3) is 0 Å². The van der Waals surface area contributed by atoms with E-state index in [0.717, 1.165) is 52.4 Å². The van der Waals surface area contributed by atoms with E-state index in [1.165, 1.54) is 0 Å². The highest BCUT2D eigenvalue weighted by Crippen LogP contribution is 1.62. The predicted octanol–water partition coefficient (Wildman–Crippen LogP) is -0.615. The third-order valence-corrected chi connectivity index (χ3v) is 1.94. The fraction of sp³-hybridized carbons (Fsp3) is 1.00. The zero-order valence-corrected chi connectivity index (χ0v) is 9.66. The van der Waals surface area contributed by atoms with Gasteiger partial charge in [-0.25, -0.2) is 0 Å². The van der Waals surface area contributed by atoms with Crippen LogP contribution in [0.2, 0.25) is 0 Å². The molecule has 0 bridgehead atoms. The van der Waals surface area contributed by atoms with E-state index >= 15 is 0 Å². The second-order valence-electron chi connectivity index (χ2n) is 3.21. The van der Waals surface area contributed by atoms with Crippen molar-refractivity contribution in [1.82, 2.24) is 21.3 Å². The van der Waals surface area contributed by atoms with E-state index in [2.05, 4.69) is 35.1 Å². The molecule has 0 saturated carbocycles. The van der Waals surface area contributed by atoms with E-state index in [-0.39, 0.29) is 0 Å². The van der Waals surface area contributed by atoms with Crippen LogP contribution in [0.4, 0.5) is 0 Å². The van der Waals surface area contributed by atoms with Gasteiger partial charge in [-0.1, -0.05) is 13.8 Å². The SMILES string of the molecule is CCNCCNCCNCCNCC. The Morgan fingerprint density at radius 1 is 0.500 bits per heavy atom. The molecule has 0 aliphatic rings. The minimum atomic E-state index is 1.05. The molecule has 0 unspecified atom stereocenters. The van der Waals surface area contributed by atoms with Gasteiger partial charge in [0.1, 0.15) is 0 Å². The topological polar surface area (TPSA) is 48.1 Å². The Morgan fingerprint density at radius 2 is 0.786 bits per heavy atom. The largest absolute Gasteiger partial charge is 0.316 e. The van der Waals surface area contributed by atoms with E-state index in [1.807, 2.05) is 0 Å². The smallest absolute Gasteiger partial charge is 0.00772 e. The highest BCUT2D eigenvalue weighted by atomic mass is 15.0. The van der Waals surface area contributed by atoms with Gasteiger partial charge >= 0.3 is 0 Å². The van der Waals surface area contributed by atoms with E-state index in [9.17, 15) is 0 Å². The normalized spacial score (nSPS) is 10.7. The molecule has 0 aromatic heterocycles. The Bertz CT molecular complexity index is 86.1. The molecular weight excluding hydrogens is 176 g/mol. The molecule has 0 rings (SSSR count). The van der Waals surface area contributed by atoms with Crippen molar-refractivity contribution in [3.05, 3.63) is 0 Å². The monoisotopic (exact) mass is 202 g/mol. The van der Waals surface area contributed by atoms with Crippen molar-refractivity contribution in [2.24, 2.45) is 0 Å². The molecule has 0 heterocycles. The summed E-state index contributed by atoms with van der Waals surface area (Å²) in [5, 5.41) is 13.3. The Labute approximate surface area is 88.2 Å². The van der Waals surface area contributed by atoms with Gasteiger partial charge < -0.3 is 21.3 Å². The molecule has 14 heavy (non-hydrogen) atoms. The average Bonchev–Trinajstić information content (AvgIpc) is 2.21. The van der Waals surface area contributed by atoms with Crippen LogP contribution in [0, 0.1) is 0 Å². The Morgan fingerprint density at radius 3 is 1.07 bits per heavy atom. The summed E-state index contributed by atoms with van der Waals surface area (Å²) in [6.07, 6.45) is 0. The molecule has 0 fully saturated rings. The first-order valence-corrected chi connectivity index (χ1v) is 5.74. The van der Waals surface area contributed by atoms with Crippen molar-refractivity contribution < 1.29 is 0 Å². The van der Waals surface area contributed by atoms with Crippen LogP contribution < -0.4 is 21.3 Å². The van der Waals surface area contributed by atoms with E-state index in [1.54, 1.807) is 0 Å². The van der Waals surface area contributed by atoms with Crippen LogP contribution in [-0.2, 0) is 0 Å². The first-order chi connectivity index (χ1) is 6.91. The zero-order chi connectivity index (χ0) is 10.5. The second-order valence-corrected chi connectivity index (χ2v) is 3.21. The number of hydrogen-bond donors (Lipinski definition) is 4. The van der Waals surface area contributed by atoms with Crippen molar-refractivity contribution in [2.75, 3.05) is 52.4 Å². The minimum absolute atomic E-state index is 1.05. The lowest BCUT2D eigenvalue weighted by Crippen LogP contribution is -2.35. The third kappa shape index (κ3) is 11.8. The van der Waals surface area contributed by atoms with Gasteiger partial charge in [-0.2, -0.15) is 0 Å². The van der Waals surface area contributed by atoms with Gasteiger partial charge in [0.05, 0.1) is 0 Å². The van der Waals surface area contributed by atoms with Crippen molar-refractivity contribution in [2.45, 2.75) is 13.8 Å². The standard InChI is InChI=1S/C10H26N4/c1-3-11-5-7-13-9-10-14-8-6-12-4-2/h11-14H,3-10H2,1-2H3. The lowest BCUT2D eigenvalue weighted by molar-refractivity contribution is 0.574. The maximum atomic E-state index is 3.37. The Balaban J connectivity index is 2.78. The summed E-state index contributed by atoms with van der Waals surface area (Å²) >= 11 is 0. The second kappa shape index (κ2) is 12.8. The van der Waals surface area contributed by atoms with Gasteiger partial charge in [0.15, 0.2) is 0 Å². The summed E-state index contributed by atoms with van der Waals surface area (Å²) in [5.41, 5.74) is 0. The maximum absolute atomic E-state index is 3.37. The first kappa shape index (κ1) is 13.8. The van der Waals surface area contributed by atoms with Crippen molar-refractivity contribution in [1.29, 1.82) is 0 Å². The lowest BCUT2D eigenvalue weighted by atomic mass is 10.5. The van der Waals surface area contributed by atoms with Crippen molar-refractivity contribution >= 4 is 0 Å². The number of likely N-dealkylation sites (N-methyl/N-ethyl adjacent to an activating group) is 2. The molecule has 4 heteroatoms. The molecule has 0 aliphatic heterocycles. The van der Waals surface area contributed by atoms with Crippen molar-refractivity contribution in [3.8, 4) is 0 Å². The van der Waals surface area contributed by atoms with Crippen LogP contribution >= 0.6 is 0 Å². The van der Waals surface area contributed by atoms with Gasteiger partial charge in [0.25, 0.3) is 0 Å². The van der Waals surface area contributed by atoms with E-state index in [0.29, 0.717) is 0 Å². The molecule has 4 nitrogen and oxygen atoms in total. The lowest BCUT2D eigenvalue weighted by Gasteiger charge is -2.06. The Hall–Kier alpha value is -0.160. The average molecular weight is 202 g/mol. The van der Waals surface area contributed by atoms with Crippen LogP contribution in [0.15, 0.2) is 0 Å². The quantitative estimate of drug-likeness (QED) is 0.338. The summed E-state index contributed by atoms with van der Waals surface area (Å²) < 4.78 is 0. The highest BCUT2D eigenvalue weighted by molar-refractivity contribution is 4.55. The Kier molecular flexibility index (Phi) is 12.7. The van der Waals surface area contributed by atoms with E-state index < -0.39 is 0 Å². The summed E-state index contributed by atoms with van der Waals surface area (Å²) in [6, 6.07) is 0. The van der Waals surface area contributed by atoms with Gasteiger partial charge in [0.2, 0.25) is 0 Å². The zero-order valence-electron chi connectivity index (χ0n) is 9.66. The molecule has 0 radical (unpaired) electrons. The summed E-state index contributed by atoms with van der Waals surface area (Å²) in [4.78, 5) is 0. The van der Waals surface area contributed by atoms with Crippen LogP contribution in [0.1, 0.15) is 13.8 Å². The fourth-order valence-electron chi connectivity index (χ4n) is 1.13. The molecule has 0 aliphatic carbocycles. The molecule has 4 N–H and O–H groups in total. The summed E-state index contributed by atoms with van der Waals surface area (Å²) in [6.45, 7) is 12.7. The predicted molar refractivity (Wildman–Crippen MR) is 62.8 cm³/mol. The molecule has 0 atom stereocenters. The molecule has 0 amide bonds. The highest BCUT2D eigenvalue weighted by Gasteiger charge is 1.87. The van der Waals surface area contributed by atoms with Crippen LogP contribution in [-0.4, -0.2) is 52.4 Å². The summed E-state index contributed by atoms with van der Waals surface area (Å²) in [5.74, 6) is 0.